The van der Waals surface area contributed by atoms with Crippen molar-refractivity contribution < 1.29 is 27.5 Å². The van der Waals surface area contributed by atoms with E-state index in [1.54, 1.807) is 49.4 Å². The van der Waals surface area contributed by atoms with E-state index in [0.717, 1.165) is 4.31 Å². The number of rotatable bonds is 13. The topological polar surface area (TPSA) is 105 Å². The van der Waals surface area contributed by atoms with Gasteiger partial charge in [0.05, 0.1) is 34.8 Å². The van der Waals surface area contributed by atoms with E-state index in [0.29, 0.717) is 22.8 Å². The van der Waals surface area contributed by atoms with Crippen molar-refractivity contribution in [3.63, 3.8) is 0 Å². The number of hydrogen-bond acceptors (Lipinski definition) is 6. The molecule has 0 heterocycles. The van der Waals surface area contributed by atoms with Crippen LogP contribution >= 0.6 is 23.2 Å². The van der Waals surface area contributed by atoms with E-state index in [-0.39, 0.29) is 39.8 Å². The second kappa shape index (κ2) is 14.6. The SMILES string of the molecule is CCC(C)NC(=O)C(C)N(Cc1ccc(Cl)c(Cl)c1)C(=O)CN(c1ccccc1OC)S(=O)(=O)c1ccc(OC)cc1. The van der Waals surface area contributed by atoms with Crippen LogP contribution in [0.3, 0.4) is 0 Å². The molecular weight excluding hydrogens is 601 g/mol. The van der Waals surface area contributed by atoms with Crippen molar-refractivity contribution in [1.82, 2.24) is 10.2 Å². The van der Waals surface area contributed by atoms with Crippen LogP contribution in [0.25, 0.3) is 0 Å². The number of nitrogens with zero attached hydrogens (tertiary/aromatic N) is 2. The van der Waals surface area contributed by atoms with Crippen LogP contribution in [0.2, 0.25) is 10.0 Å². The molecule has 0 radical (unpaired) electrons. The number of amides is 2. The van der Waals surface area contributed by atoms with Crippen LogP contribution in [-0.2, 0) is 26.2 Å². The molecular formula is C30H35Cl2N3O6S. The maximum Gasteiger partial charge on any atom is 0.264 e. The first-order valence-electron chi connectivity index (χ1n) is 13.3. The Hall–Kier alpha value is -3.47. The largest absolute Gasteiger partial charge is 0.497 e. The molecule has 0 aliphatic rings. The van der Waals surface area contributed by atoms with E-state index in [9.17, 15) is 18.0 Å². The van der Waals surface area contributed by atoms with E-state index in [1.807, 2.05) is 13.8 Å². The molecule has 0 aliphatic heterocycles. The molecule has 0 saturated heterocycles. The van der Waals surface area contributed by atoms with Gasteiger partial charge in [-0.25, -0.2) is 8.42 Å². The van der Waals surface area contributed by atoms with Crippen LogP contribution < -0.4 is 19.1 Å². The van der Waals surface area contributed by atoms with E-state index >= 15 is 0 Å². The molecule has 0 aromatic heterocycles. The second-order valence-corrected chi connectivity index (χ2v) is 12.3. The molecule has 2 atom stereocenters. The third-order valence-corrected chi connectivity index (χ3v) is 9.30. The summed E-state index contributed by atoms with van der Waals surface area (Å²) in [6, 6.07) is 16.2. The zero-order chi connectivity index (χ0) is 31.0. The first-order valence-corrected chi connectivity index (χ1v) is 15.5. The monoisotopic (exact) mass is 635 g/mol. The Bertz CT molecular complexity index is 1500. The van der Waals surface area contributed by atoms with Gasteiger partial charge >= 0.3 is 0 Å². The average molecular weight is 637 g/mol. The molecule has 12 heteroatoms. The predicted molar refractivity (Wildman–Crippen MR) is 165 cm³/mol. The number of ether oxygens (including phenoxy) is 2. The third-order valence-electron chi connectivity index (χ3n) is 6.79. The number of hydrogen-bond donors (Lipinski definition) is 1. The lowest BCUT2D eigenvalue weighted by Gasteiger charge is -2.32. The highest BCUT2D eigenvalue weighted by Crippen LogP contribution is 2.33. The smallest absolute Gasteiger partial charge is 0.264 e. The number of sulfonamides is 1. The van der Waals surface area contributed by atoms with Crippen molar-refractivity contribution in [3.8, 4) is 11.5 Å². The maximum atomic E-state index is 14.1. The Morgan fingerprint density at radius 3 is 2.19 bits per heavy atom. The van der Waals surface area contributed by atoms with Crippen molar-refractivity contribution in [1.29, 1.82) is 0 Å². The summed E-state index contributed by atoms with van der Waals surface area (Å²) in [5.41, 5.74) is 0.776. The minimum Gasteiger partial charge on any atom is -0.497 e. The Balaban J connectivity index is 2.08. The fraction of sp³-hybridized carbons (Fsp3) is 0.333. The first kappa shape index (κ1) is 33.0. The van der Waals surface area contributed by atoms with Crippen molar-refractivity contribution in [3.05, 3.63) is 82.3 Å². The molecule has 1 N–H and O–H groups in total. The lowest BCUT2D eigenvalue weighted by Crippen LogP contribution is -2.52. The number of carbonyl (C=O) groups excluding carboxylic acids is 2. The number of anilines is 1. The van der Waals surface area contributed by atoms with Gasteiger partial charge in [-0.05, 0) is 74.4 Å². The number of carbonyl (C=O) groups is 2. The zero-order valence-corrected chi connectivity index (χ0v) is 26.5. The summed E-state index contributed by atoms with van der Waals surface area (Å²) in [5.74, 6) is -0.265. The summed E-state index contributed by atoms with van der Waals surface area (Å²) in [6.45, 7) is 4.76. The van der Waals surface area contributed by atoms with E-state index in [4.69, 9.17) is 32.7 Å². The number of benzene rings is 3. The molecule has 0 saturated carbocycles. The fourth-order valence-corrected chi connectivity index (χ4v) is 5.85. The standard InChI is InChI=1S/C30H35Cl2N3O6S/c1-6-20(2)33-30(37)21(3)34(18-22-11-16-25(31)26(32)17-22)29(36)19-35(27-9-7-8-10-28(27)41-5)42(38,39)24-14-12-23(40-4)13-15-24/h7-17,20-21H,6,18-19H2,1-5H3,(H,33,37). The van der Waals surface area contributed by atoms with Gasteiger partial charge in [0.25, 0.3) is 10.0 Å². The van der Waals surface area contributed by atoms with Crippen LogP contribution in [0.15, 0.2) is 71.6 Å². The molecule has 0 aliphatic carbocycles. The molecule has 0 bridgehead atoms. The number of para-hydroxylation sites is 2. The second-order valence-electron chi connectivity index (χ2n) is 9.62. The third kappa shape index (κ3) is 7.87. The summed E-state index contributed by atoms with van der Waals surface area (Å²) in [6.07, 6.45) is 0.695. The van der Waals surface area contributed by atoms with Crippen molar-refractivity contribution >= 4 is 50.7 Å². The van der Waals surface area contributed by atoms with Crippen LogP contribution in [-0.4, -0.2) is 58.0 Å². The summed E-state index contributed by atoms with van der Waals surface area (Å²) in [5, 5.41) is 3.53. The number of methoxy groups -OCH3 is 2. The van der Waals surface area contributed by atoms with Crippen molar-refractivity contribution in [2.45, 2.75) is 50.7 Å². The molecule has 0 spiro atoms. The summed E-state index contributed by atoms with van der Waals surface area (Å²) in [4.78, 5) is 28.5. The Morgan fingerprint density at radius 2 is 1.60 bits per heavy atom. The molecule has 226 valence electrons. The van der Waals surface area contributed by atoms with Crippen LogP contribution in [0, 0.1) is 0 Å². The molecule has 3 aromatic rings. The average Bonchev–Trinajstić information content (AvgIpc) is 2.99. The molecule has 3 aromatic carbocycles. The summed E-state index contributed by atoms with van der Waals surface area (Å²) < 4.78 is 39.7. The van der Waals surface area contributed by atoms with Gasteiger partial charge in [0.15, 0.2) is 0 Å². The summed E-state index contributed by atoms with van der Waals surface area (Å²) in [7, 11) is -1.39. The highest BCUT2D eigenvalue weighted by Gasteiger charge is 2.34. The molecule has 42 heavy (non-hydrogen) atoms. The van der Waals surface area contributed by atoms with Crippen molar-refractivity contribution in [2.24, 2.45) is 0 Å². The molecule has 9 nitrogen and oxygen atoms in total. The van der Waals surface area contributed by atoms with Crippen molar-refractivity contribution in [2.75, 3.05) is 25.1 Å². The van der Waals surface area contributed by atoms with Gasteiger partial charge in [0.1, 0.15) is 24.1 Å². The molecule has 2 amide bonds. The molecule has 3 rings (SSSR count). The van der Waals surface area contributed by atoms with E-state index < -0.39 is 28.5 Å². The van der Waals surface area contributed by atoms with Gasteiger partial charge < -0.3 is 19.7 Å². The lowest BCUT2D eigenvalue weighted by atomic mass is 10.1. The number of halogens is 2. The Labute approximate surface area is 257 Å². The van der Waals surface area contributed by atoms with Crippen LogP contribution in [0.5, 0.6) is 11.5 Å². The summed E-state index contributed by atoms with van der Waals surface area (Å²) >= 11 is 12.3. The predicted octanol–water partition coefficient (Wildman–Crippen LogP) is 5.54. The lowest BCUT2D eigenvalue weighted by molar-refractivity contribution is -0.139. The van der Waals surface area contributed by atoms with E-state index in [1.165, 1.54) is 43.4 Å². The first-order chi connectivity index (χ1) is 19.9. The van der Waals surface area contributed by atoms with Gasteiger partial charge in [-0.2, -0.15) is 0 Å². The van der Waals surface area contributed by atoms with Gasteiger partial charge in [-0.15, -0.1) is 0 Å². The van der Waals surface area contributed by atoms with Gasteiger partial charge in [0, 0.05) is 12.6 Å². The minimum atomic E-state index is -4.28. The highest BCUT2D eigenvalue weighted by molar-refractivity contribution is 7.92. The van der Waals surface area contributed by atoms with Crippen LogP contribution in [0.4, 0.5) is 5.69 Å². The Kier molecular flexibility index (Phi) is 11.5. The zero-order valence-electron chi connectivity index (χ0n) is 24.1. The normalized spacial score (nSPS) is 12.6. The van der Waals surface area contributed by atoms with Crippen LogP contribution in [0.1, 0.15) is 32.8 Å². The van der Waals surface area contributed by atoms with Gasteiger partial charge in [0.2, 0.25) is 11.8 Å². The quantitative estimate of drug-likeness (QED) is 0.264. The molecule has 2 unspecified atom stereocenters. The minimum absolute atomic E-state index is 0.0207. The van der Waals surface area contributed by atoms with Gasteiger partial charge in [-0.3, -0.25) is 13.9 Å². The van der Waals surface area contributed by atoms with Gasteiger partial charge in [-0.1, -0.05) is 48.3 Å². The van der Waals surface area contributed by atoms with E-state index in [2.05, 4.69) is 5.32 Å². The maximum absolute atomic E-state index is 14.1. The highest BCUT2D eigenvalue weighted by atomic mass is 35.5. The fourth-order valence-electron chi connectivity index (χ4n) is 4.11. The Morgan fingerprint density at radius 1 is 0.929 bits per heavy atom. The number of nitrogens with one attached hydrogen (secondary N) is 1. The molecule has 0 fully saturated rings.